The second-order valence-corrected chi connectivity index (χ2v) is 2.78. The average Bonchev–Trinajstić information content (AvgIpc) is 2.20. The van der Waals surface area contributed by atoms with Crippen LogP contribution in [0, 0.1) is 0 Å². The molecule has 5 heteroatoms. The predicted octanol–water partition coefficient (Wildman–Crippen LogP) is 1.41. The van der Waals surface area contributed by atoms with Gasteiger partial charge in [0.25, 0.3) is 0 Å². The minimum atomic E-state index is -0.332. The summed E-state index contributed by atoms with van der Waals surface area (Å²) in [5, 5.41) is 0. The van der Waals surface area contributed by atoms with E-state index in [0.29, 0.717) is 17.0 Å². The first kappa shape index (κ1) is 13.6. The molecule has 0 aromatic heterocycles. The molecule has 1 rings (SSSR count). The molecule has 0 saturated carbocycles. The number of methoxy groups -OCH3 is 2. The van der Waals surface area contributed by atoms with E-state index in [0.717, 1.165) is 0 Å². The number of esters is 1. The van der Waals surface area contributed by atoms with E-state index < -0.39 is 0 Å². The lowest BCUT2D eigenvalue weighted by Crippen LogP contribution is -2.08. The first-order valence-corrected chi connectivity index (χ1v) is 4.17. The van der Waals surface area contributed by atoms with Crippen LogP contribution < -0.4 is 10.5 Å². The van der Waals surface area contributed by atoms with Gasteiger partial charge in [0.1, 0.15) is 5.75 Å². The zero-order chi connectivity index (χ0) is 10.6. The van der Waals surface area contributed by atoms with Gasteiger partial charge < -0.3 is 15.2 Å². The molecule has 0 heterocycles. The van der Waals surface area contributed by atoms with Crippen molar-refractivity contribution in [1.29, 1.82) is 0 Å². The van der Waals surface area contributed by atoms with Gasteiger partial charge in [-0.2, -0.15) is 0 Å². The minimum absolute atomic E-state index is 0. The fraction of sp³-hybridized carbons (Fsp3) is 0.300. The van der Waals surface area contributed by atoms with Crippen LogP contribution >= 0.6 is 12.4 Å². The average molecular weight is 232 g/mol. The first-order chi connectivity index (χ1) is 6.69. The number of carbonyl (C=O) groups excluding carboxylic acids is 1. The highest BCUT2D eigenvalue weighted by Crippen LogP contribution is 2.24. The SMILES string of the molecule is COC(=O)Cc1c(N)cccc1OC.Cl. The molecule has 0 amide bonds. The number of hydrogen-bond acceptors (Lipinski definition) is 4. The molecule has 0 aliphatic heterocycles. The lowest BCUT2D eigenvalue weighted by Gasteiger charge is -2.09. The van der Waals surface area contributed by atoms with Crippen LogP contribution in [-0.2, 0) is 16.0 Å². The van der Waals surface area contributed by atoms with Crippen molar-refractivity contribution in [2.24, 2.45) is 0 Å². The lowest BCUT2D eigenvalue weighted by molar-refractivity contribution is -0.139. The van der Waals surface area contributed by atoms with Crippen molar-refractivity contribution in [3.05, 3.63) is 23.8 Å². The highest BCUT2D eigenvalue weighted by molar-refractivity contribution is 5.85. The minimum Gasteiger partial charge on any atom is -0.496 e. The topological polar surface area (TPSA) is 61.5 Å². The molecule has 4 nitrogen and oxygen atoms in total. The van der Waals surface area contributed by atoms with Crippen molar-refractivity contribution >= 4 is 24.1 Å². The monoisotopic (exact) mass is 231 g/mol. The standard InChI is InChI=1S/C10H13NO3.ClH/c1-13-9-5-3-4-8(11)7(9)6-10(12)14-2;/h3-5H,6,11H2,1-2H3;1H. The van der Waals surface area contributed by atoms with Crippen LogP contribution in [-0.4, -0.2) is 20.2 Å². The van der Waals surface area contributed by atoms with Crippen molar-refractivity contribution in [2.75, 3.05) is 20.0 Å². The fourth-order valence-electron chi connectivity index (χ4n) is 1.18. The molecule has 2 N–H and O–H groups in total. The van der Waals surface area contributed by atoms with Crippen molar-refractivity contribution in [1.82, 2.24) is 0 Å². The summed E-state index contributed by atoms with van der Waals surface area (Å²) in [7, 11) is 2.88. The molecule has 0 spiro atoms. The van der Waals surface area contributed by atoms with Gasteiger partial charge in [-0.05, 0) is 12.1 Å². The van der Waals surface area contributed by atoms with Crippen LogP contribution in [0.3, 0.4) is 0 Å². The van der Waals surface area contributed by atoms with Crippen LogP contribution in [0.25, 0.3) is 0 Å². The molecular formula is C10H14ClNO3. The van der Waals surface area contributed by atoms with Crippen LogP contribution in [0.4, 0.5) is 5.69 Å². The number of nitrogen functional groups attached to an aromatic ring is 1. The third-order valence-corrected chi connectivity index (χ3v) is 1.94. The van der Waals surface area contributed by atoms with Crippen LogP contribution in [0.15, 0.2) is 18.2 Å². The Kier molecular flexibility index (Phi) is 5.56. The molecule has 0 aliphatic carbocycles. The van der Waals surface area contributed by atoms with Gasteiger partial charge in [0.15, 0.2) is 0 Å². The smallest absolute Gasteiger partial charge is 0.310 e. The molecular weight excluding hydrogens is 218 g/mol. The van der Waals surface area contributed by atoms with Crippen molar-refractivity contribution in [3.8, 4) is 5.75 Å². The first-order valence-electron chi connectivity index (χ1n) is 4.17. The number of carbonyl (C=O) groups is 1. The maximum atomic E-state index is 11.1. The molecule has 0 atom stereocenters. The van der Waals surface area contributed by atoms with Gasteiger partial charge in [0, 0.05) is 11.3 Å². The second kappa shape index (κ2) is 6.14. The molecule has 84 valence electrons. The number of halogens is 1. The maximum Gasteiger partial charge on any atom is 0.310 e. The fourth-order valence-corrected chi connectivity index (χ4v) is 1.18. The number of benzene rings is 1. The number of ether oxygens (including phenoxy) is 2. The van der Waals surface area contributed by atoms with E-state index in [4.69, 9.17) is 10.5 Å². The Bertz CT molecular complexity index is 341. The zero-order valence-corrected chi connectivity index (χ0v) is 9.47. The van der Waals surface area contributed by atoms with E-state index in [9.17, 15) is 4.79 Å². The van der Waals surface area contributed by atoms with Crippen molar-refractivity contribution < 1.29 is 14.3 Å². The Hall–Kier alpha value is -1.42. The van der Waals surface area contributed by atoms with Crippen molar-refractivity contribution in [3.63, 3.8) is 0 Å². The zero-order valence-electron chi connectivity index (χ0n) is 8.65. The van der Waals surface area contributed by atoms with E-state index >= 15 is 0 Å². The Morgan fingerprint density at radius 3 is 2.60 bits per heavy atom. The molecule has 1 aromatic carbocycles. The molecule has 0 bridgehead atoms. The third-order valence-electron chi connectivity index (χ3n) is 1.94. The summed E-state index contributed by atoms with van der Waals surface area (Å²) in [6.07, 6.45) is 0.131. The van der Waals surface area contributed by atoms with E-state index in [1.54, 1.807) is 18.2 Å². The quantitative estimate of drug-likeness (QED) is 0.631. The van der Waals surface area contributed by atoms with Gasteiger partial charge in [-0.15, -0.1) is 12.4 Å². The van der Waals surface area contributed by atoms with Gasteiger partial charge in [0.05, 0.1) is 20.6 Å². The number of hydrogen-bond donors (Lipinski definition) is 1. The summed E-state index contributed by atoms with van der Waals surface area (Å²) in [6, 6.07) is 5.25. The third kappa shape index (κ3) is 3.32. The lowest BCUT2D eigenvalue weighted by atomic mass is 10.1. The highest BCUT2D eigenvalue weighted by atomic mass is 35.5. The summed E-state index contributed by atoms with van der Waals surface area (Å²) >= 11 is 0. The van der Waals surface area contributed by atoms with Gasteiger partial charge >= 0.3 is 5.97 Å². The molecule has 15 heavy (non-hydrogen) atoms. The Labute approximate surface area is 94.8 Å². The summed E-state index contributed by atoms with van der Waals surface area (Å²) in [5.74, 6) is 0.275. The van der Waals surface area contributed by atoms with E-state index in [1.165, 1.54) is 14.2 Å². The molecule has 0 fully saturated rings. The van der Waals surface area contributed by atoms with Crippen molar-refractivity contribution in [2.45, 2.75) is 6.42 Å². The Morgan fingerprint density at radius 1 is 1.40 bits per heavy atom. The van der Waals surface area contributed by atoms with E-state index in [1.807, 2.05) is 0 Å². The van der Waals surface area contributed by atoms with Crippen LogP contribution in [0.5, 0.6) is 5.75 Å². The van der Waals surface area contributed by atoms with E-state index in [-0.39, 0.29) is 24.8 Å². The number of rotatable bonds is 3. The highest BCUT2D eigenvalue weighted by Gasteiger charge is 2.11. The van der Waals surface area contributed by atoms with Gasteiger partial charge in [-0.1, -0.05) is 6.07 Å². The summed E-state index contributed by atoms with van der Waals surface area (Å²) in [6.45, 7) is 0. The summed E-state index contributed by atoms with van der Waals surface area (Å²) in [5.41, 5.74) is 6.92. The molecule has 1 aromatic rings. The molecule has 0 radical (unpaired) electrons. The van der Waals surface area contributed by atoms with E-state index in [2.05, 4.69) is 4.74 Å². The normalized spacial score (nSPS) is 8.93. The number of anilines is 1. The second-order valence-electron chi connectivity index (χ2n) is 2.78. The van der Waals surface area contributed by atoms with Gasteiger partial charge in [-0.3, -0.25) is 4.79 Å². The summed E-state index contributed by atoms with van der Waals surface area (Å²) < 4.78 is 9.64. The van der Waals surface area contributed by atoms with Gasteiger partial charge in [-0.25, -0.2) is 0 Å². The molecule has 0 aliphatic rings. The maximum absolute atomic E-state index is 11.1. The summed E-state index contributed by atoms with van der Waals surface area (Å²) in [4.78, 5) is 11.1. The van der Waals surface area contributed by atoms with Crippen LogP contribution in [0.2, 0.25) is 0 Å². The Morgan fingerprint density at radius 2 is 2.07 bits per heavy atom. The number of nitrogens with two attached hydrogens (primary N) is 1. The largest absolute Gasteiger partial charge is 0.496 e. The predicted molar refractivity (Wildman–Crippen MR) is 60.4 cm³/mol. The molecule has 0 unspecified atom stereocenters. The van der Waals surface area contributed by atoms with Gasteiger partial charge in [0.2, 0.25) is 0 Å². The molecule has 0 saturated heterocycles. The van der Waals surface area contributed by atoms with Crippen LogP contribution in [0.1, 0.15) is 5.56 Å². The Balaban J connectivity index is 0.00000196.